The number of unbranched alkanes of at least 4 members (excludes halogenated alkanes) is 1. The minimum absolute atomic E-state index is 0.122. The zero-order chi connectivity index (χ0) is 21.1. The molecule has 0 amide bonds. The van der Waals surface area contributed by atoms with Crippen LogP contribution in [0.5, 0.6) is 0 Å². The summed E-state index contributed by atoms with van der Waals surface area (Å²) in [6.45, 7) is 2.12. The van der Waals surface area contributed by atoms with Gasteiger partial charge >= 0.3 is 0 Å². The largest absolute Gasteiger partial charge is 0.376 e. The van der Waals surface area contributed by atoms with Crippen LogP contribution in [0.25, 0.3) is 0 Å². The monoisotopic (exact) mass is 434 g/mol. The molecule has 0 unspecified atom stereocenters. The molecule has 4 aliphatic rings. The van der Waals surface area contributed by atoms with Gasteiger partial charge in [0.2, 0.25) is 0 Å². The van der Waals surface area contributed by atoms with Crippen LogP contribution >= 0.6 is 0 Å². The number of ether oxygens (including phenoxy) is 10. The third kappa shape index (κ3) is 4.40. The van der Waals surface area contributed by atoms with Gasteiger partial charge in [0.25, 0.3) is 0 Å². The smallest absolute Gasteiger partial charge is 0.187 e. The number of hydrogen-bond acceptors (Lipinski definition) is 10. The molecule has 4 aliphatic heterocycles. The summed E-state index contributed by atoms with van der Waals surface area (Å²) in [5.74, 6) is 0. The second kappa shape index (κ2) is 10.5. The van der Waals surface area contributed by atoms with Gasteiger partial charge in [0.15, 0.2) is 12.6 Å². The van der Waals surface area contributed by atoms with E-state index in [-0.39, 0.29) is 48.8 Å². The maximum atomic E-state index is 6.14. The lowest BCUT2D eigenvalue weighted by molar-refractivity contribution is -0.254. The van der Waals surface area contributed by atoms with E-state index in [9.17, 15) is 0 Å². The fourth-order valence-electron chi connectivity index (χ4n) is 4.76. The Kier molecular flexibility index (Phi) is 7.96. The van der Waals surface area contributed by atoms with Gasteiger partial charge < -0.3 is 47.4 Å². The van der Waals surface area contributed by atoms with Gasteiger partial charge in [-0.1, -0.05) is 0 Å². The quantitative estimate of drug-likeness (QED) is 0.417. The lowest BCUT2D eigenvalue weighted by Gasteiger charge is -2.39. The Morgan fingerprint density at radius 1 is 0.567 bits per heavy atom. The highest BCUT2D eigenvalue weighted by molar-refractivity contribution is 4.96. The van der Waals surface area contributed by atoms with E-state index in [2.05, 4.69) is 0 Å². The number of rotatable bonds is 11. The van der Waals surface area contributed by atoms with Gasteiger partial charge in [-0.25, -0.2) is 0 Å². The van der Waals surface area contributed by atoms with Gasteiger partial charge in [0.05, 0.1) is 13.2 Å². The third-order valence-electron chi connectivity index (χ3n) is 6.28. The average Bonchev–Trinajstić information content (AvgIpc) is 3.37. The second-order valence-corrected chi connectivity index (χ2v) is 7.93. The molecule has 4 heterocycles. The molecule has 4 rings (SSSR count). The topological polar surface area (TPSA) is 92.3 Å². The van der Waals surface area contributed by atoms with Crippen molar-refractivity contribution in [2.24, 2.45) is 0 Å². The predicted molar refractivity (Wildman–Crippen MR) is 101 cm³/mol. The third-order valence-corrected chi connectivity index (χ3v) is 6.28. The van der Waals surface area contributed by atoms with E-state index in [1.54, 1.807) is 28.4 Å². The van der Waals surface area contributed by atoms with Gasteiger partial charge in [-0.15, -0.1) is 0 Å². The molecular weight excluding hydrogens is 400 g/mol. The first kappa shape index (κ1) is 22.8. The molecule has 0 spiro atoms. The van der Waals surface area contributed by atoms with Crippen LogP contribution in [0, 0.1) is 0 Å². The van der Waals surface area contributed by atoms with E-state index in [0.717, 1.165) is 12.8 Å². The molecular formula is C20H34O10. The van der Waals surface area contributed by atoms with E-state index in [1.165, 1.54) is 0 Å². The van der Waals surface area contributed by atoms with Gasteiger partial charge in [0, 0.05) is 41.7 Å². The van der Waals surface area contributed by atoms with Crippen LogP contribution in [0.3, 0.4) is 0 Å². The average molecular weight is 434 g/mol. The van der Waals surface area contributed by atoms with Crippen molar-refractivity contribution in [1.82, 2.24) is 0 Å². The molecule has 0 aromatic carbocycles. The van der Waals surface area contributed by atoms with Crippen molar-refractivity contribution in [2.45, 2.75) is 74.3 Å². The molecule has 0 aromatic rings. The molecule has 0 saturated carbocycles. The zero-order valence-electron chi connectivity index (χ0n) is 18.1. The first-order valence-corrected chi connectivity index (χ1v) is 10.6. The van der Waals surface area contributed by atoms with Gasteiger partial charge in [0.1, 0.15) is 48.8 Å². The van der Waals surface area contributed by atoms with Crippen LogP contribution in [0.15, 0.2) is 0 Å². The van der Waals surface area contributed by atoms with Crippen molar-refractivity contribution in [2.75, 3.05) is 54.9 Å². The summed E-state index contributed by atoms with van der Waals surface area (Å²) in [4.78, 5) is 0. The summed E-state index contributed by atoms with van der Waals surface area (Å²) in [6, 6.07) is 0. The summed E-state index contributed by atoms with van der Waals surface area (Å²) in [6.07, 6.45) is -0.890. The van der Waals surface area contributed by atoms with Crippen molar-refractivity contribution in [3.05, 3.63) is 0 Å². The summed E-state index contributed by atoms with van der Waals surface area (Å²) in [5.41, 5.74) is 0. The fourth-order valence-corrected chi connectivity index (χ4v) is 4.76. The van der Waals surface area contributed by atoms with Gasteiger partial charge in [-0.3, -0.25) is 0 Å². The van der Waals surface area contributed by atoms with Crippen molar-refractivity contribution in [3.8, 4) is 0 Å². The van der Waals surface area contributed by atoms with Crippen LogP contribution in [-0.4, -0.2) is 116 Å². The number of methoxy groups -OCH3 is 4. The first-order chi connectivity index (χ1) is 14.7. The molecule has 4 fully saturated rings. The second-order valence-electron chi connectivity index (χ2n) is 7.93. The van der Waals surface area contributed by atoms with Gasteiger partial charge in [-0.05, 0) is 12.8 Å². The molecule has 0 radical (unpaired) electrons. The predicted octanol–water partition coefficient (Wildman–Crippen LogP) is 0.107. The fraction of sp³-hybridized carbons (Fsp3) is 1.00. The van der Waals surface area contributed by atoms with Crippen LogP contribution in [0.1, 0.15) is 12.8 Å². The maximum Gasteiger partial charge on any atom is 0.187 e. The lowest BCUT2D eigenvalue weighted by Crippen LogP contribution is -2.56. The lowest BCUT2D eigenvalue weighted by atomic mass is 10.0. The molecule has 174 valence electrons. The molecule has 10 heteroatoms. The van der Waals surface area contributed by atoms with E-state index < -0.39 is 12.6 Å². The van der Waals surface area contributed by atoms with Crippen molar-refractivity contribution < 1.29 is 47.4 Å². The Morgan fingerprint density at radius 2 is 0.967 bits per heavy atom. The van der Waals surface area contributed by atoms with Gasteiger partial charge in [-0.2, -0.15) is 0 Å². The van der Waals surface area contributed by atoms with Crippen LogP contribution in [0.4, 0.5) is 0 Å². The highest BCUT2D eigenvalue weighted by atomic mass is 16.8. The number of fused-ring (bicyclic) bond motifs is 4. The first-order valence-electron chi connectivity index (χ1n) is 10.6. The van der Waals surface area contributed by atoms with E-state index in [1.807, 2.05) is 0 Å². The minimum Gasteiger partial charge on any atom is -0.376 e. The molecule has 0 aromatic heterocycles. The Hall–Kier alpha value is -0.400. The molecule has 10 atom stereocenters. The Morgan fingerprint density at radius 3 is 1.33 bits per heavy atom. The van der Waals surface area contributed by atoms with E-state index in [0.29, 0.717) is 26.4 Å². The Bertz CT molecular complexity index is 454. The van der Waals surface area contributed by atoms with Crippen molar-refractivity contribution >= 4 is 0 Å². The minimum atomic E-state index is -0.400. The maximum absolute atomic E-state index is 6.14. The Labute approximate surface area is 177 Å². The molecule has 4 saturated heterocycles. The van der Waals surface area contributed by atoms with Crippen molar-refractivity contribution in [3.63, 3.8) is 0 Å². The SMILES string of the molecule is CO[C@H]1[C@@H]2OC[C@@H](O2)[C@@H](OC)[C@@H]1OCCCCO[C@@H]1[C@@H](OC)[C@@H]2OC[C@@H](O2)[C@H]1OC. The molecule has 0 N–H and O–H groups in total. The summed E-state index contributed by atoms with van der Waals surface area (Å²) >= 11 is 0. The molecule has 0 aliphatic carbocycles. The molecule has 10 nitrogen and oxygen atoms in total. The van der Waals surface area contributed by atoms with Crippen LogP contribution in [0.2, 0.25) is 0 Å². The number of hydrogen-bond donors (Lipinski definition) is 0. The van der Waals surface area contributed by atoms with E-state index in [4.69, 9.17) is 47.4 Å². The molecule has 30 heavy (non-hydrogen) atoms. The highest BCUT2D eigenvalue weighted by Gasteiger charge is 2.53. The van der Waals surface area contributed by atoms with Crippen LogP contribution in [-0.2, 0) is 47.4 Å². The highest BCUT2D eigenvalue weighted by Crippen LogP contribution is 2.34. The zero-order valence-corrected chi connectivity index (χ0v) is 18.1. The standard InChI is InChI=1S/C20H34O10/c1-21-13-11-9-27-19(29-11)17(23-3)15(13)25-7-5-6-8-26-16-14(22-2)12-10-28-20(30-12)18(16)24-4/h11-20H,5-10H2,1-4H3/t11-,12-,13-,14-,15+,16+,17-,18-,19-,20-/m1/s1. The molecule has 4 bridgehead atoms. The summed E-state index contributed by atoms with van der Waals surface area (Å²) in [5, 5.41) is 0. The normalized spacial score (nSPS) is 45.2. The van der Waals surface area contributed by atoms with E-state index >= 15 is 0 Å². The summed E-state index contributed by atoms with van der Waals surface area (Å²) < 4.78 is 57.5. The van der Waals surface area contributed by atoms with Crippen molar-refractivity contribution in [1.29, 1.82) is 0 Å². The summed E-state index contributed by atoms with van der Waals surface area (Å²) in [7, 11) is 6.59. The Balaban J connectivity index is 1.21. The van der Waals surface area contributed by atoms with Crippen LogP contribution < -0.4 is 0 Å².